The highest BCUT2D eigenvalue weighted by atomic mass is 32.2. The first-order valence-corrected chi connectivity index (χ1v) is 10.1. The third-order valence-electron chi connectivity index (χ3n) is 3.74. The number of amides is 1. The molecule has 0 saturated carbocycles. The minimum Gasteiger partial charge on any atom is -0.452 e. The average Bonchev–Trinajstić information content (AvgIpc) is 2.60. The number of carbonyl (C=O) groups is 2. The largest absolute Gasteiger partial charge is 0.452 e. The lowest BCUT2D eigenvalue weighted by molar-refractivity contribution is -0.133. The minimum atomic E-state index is -3.16. The maximum Gasteiger partial charge on any atom is 0.338 e. The molecule has 2 aromatic rings. The zero-order valence-electron chi connectivity index (χ0n) is 15.0. The molecule has 0 saturated heterocycles. The van der Waals surface area contributed by atoms with Gasteiger partial charge in [-0.1, -0.05) is 30.3 Å². The van der Waals surface area contributed by atoms with Crippen LogP contribution in [0.1, 0.15) is 21.5 Å². The van der Waals surface area contributed by atoms with E-state index in [1.807, 2.05) is 0 Å². The fraction of sp³-hybridized carbons (Fsp3) is 0.263. The Morgan fingerprint density at radius 3 is 2.30 bits per heavy atom. The number of halogens is 1. The molecular formula is C19H20FNO5S. The molecule has 2 rings (SSSR count). The van der Waals surface area contributed by atoms with Crippen LogP contribution >= 0.6 is 0 Å². The molecule has 0 N–H and O–H groups in total. The molecule has 1 amide bonds. The van der Waals surface area contributed by atoms with Gasteiger partial charge in [-0.15, -0.1) is 0 Å². The van der Waals surface area contributed by atoms with Gasteiger partial charge in [0.25, 0.3) is 5.91 Å². The number of ether oxygens (including phenoxy) is 1. The van der Waals surface area contributed by atoms with Crippen LogP contribution in [0.4, 0.5) is 4.39 Å². The molecule has 8 heteroatoms. The van der Waals surface area contributed by atoms with Gasteiger partial charge in [0.15, 0.2) is 16.4 Å². The van der Waals surface area contributed by atoms with Gasteiger partial charge >= 0.3 is 5.97 Å². The van der Waals surface area contributed by atoms with Gasteiger partial charge < -0.3 is 9.64 Å². The summed E-state index contributed by atoms with van der Waals surface area (Å²) in [5.74, 6) is -1.71. The quantitative estimate of drug-likeness (QED) is 0.674. The van der Waals surface area contributed by atoms with Crippen molar-refractivity contribution in [2.24, 2.45) is 0 Å². The molecule has 0 heterocycles. The van der Waals surface area contributed by atoms with Crippen molar-refractivity contribution in [3.63, 3.8) is 0 Å². The maximum atomic E-state index is 13.6. The molecule has 144 valence electrons. The van der Waals surface area contributed by atoms with Crippen molar-refractivity contribution in [3.8, 4) is 0 Å². The second kappa shape index (κ2) is 8.77. The number of sulfone groups is 1. The first-order chi connectivity index (χ1) is 12.7. The van der Waals surface area contributed by atoms with Crippen molar-refractivity contribution in [1.29, 1.82) is 0 Å². The molecule has 0 spiro atoms. The fourth-order valence-electron chi connectivity index (χ4n) is 2.33. The molecule has 0 radical (unpaired) electrons. The zero-order valence-corrected chi connectivity index (χ0v) is 15.8. The van der Waals surface area contributed by atoms with Gasteiger partial charge in [-0.05, 0) is 23.8 Å². The molecule has 0 unspecified atom stereocenters. The minimum absolute atomic E-state index is 0.0588. The van der Waals surface area contributed by atoms with Crippen molar-refractivity contribution in [3.05, 3.63) is 71.0 Å². The van der Waals surface area contributed by atoms with Crippen LogP contribution in [0.5, 0.6) is 0 Å². The Labute approximate surface area is 157 Å². The summed E-state index contributed by atoms with van der Waals surface area (Å²) in [6, 6.07) is 12.0. The second-order valence-electron chi connectivity index (χ2n) is 6.18. The first-order valence-electron chi connectivity index (χ1n) is 8.07. The Balaban J connectivity index is 1.89. The van der Waals surface area contributed by atoms with Gasteiger partial charge in [-0.2, -0.15) is 0 Å². The molecular weight excluding hydrogens is 373 g/mol. The molecule has 0 fully saturated rings. The molecule has 0 aromatic heterocycles. The van der Waals surface area contributed by atoms with Crippen LogP contribution in [0, 0.1) is 5.82 Å². The number of carbonyl (C=O) groups excluding carboxylic acids is 2. The van der Waals surface area contributed by atoms with Crippen molar-refractivity contribution in [2.75, 3.05) is 19.9 Å². The predicted octanol–water partition coefficient (Wildman–Crippen LogP) is 2.19. The molecule has 2 aromatic carbocycles. The van der Waals surface area contributed by atoms with E-state index < -0.39 is 34.1 Å². The van der Waals surface area contributed by atoms with Gasteiger partial charge in [0.1, 0.15) is 5.82 Å². The van der Waals surface area contributed by atoms with Crippen molar-refractivity contribution >= 4 is 21.7 Å². The van der Waals surface area contributed by atoms with E-state index >= 15 is 0 Å². The highest BCUT2D eigenvalue weighted by Gasteiger charge is 2.15. The summed E-state index contributed by atoms with van der Waals surface area (Å²) >= 11 is 0. The lowest BCUT2D eigenvalue weighted by atomic mass is 10.1. The van der Waals surface area contributed by atoms with E-state index in [0.717, 1.165) is 6.26 Å². The molecule has 0 aliphatic carbocycles. The SMILES string of the molecule is CN(Cc1ccccc1F)C(=O)COC(=O)c1ccc(CS(C)(=O)=O)cc1. The average molecular weight is 393 g/mol. The van der Waals surface area contributed by atoms with Crippen LogP contribution in [-0.4, -0.2) is 45.1 Å². The Morgan fingerprint density at radius 2 is 1.70 bits per heavy atom. The number of benzene rings is 2. The van der Waals surface area contributed by atoms with E-state index in [1.54, 1.807) is 18.2 Å². The Hall–Kier alpha value is -2.74. The summed E-state index contributed by atoms with van der Waals surface area (Å²) in [5.41, 5.74) is 1.12. The number of hydrogen-bond acceptors (Lipinski definition) is 5. The van der Waals surface area contributed by atoms with Crippen molar-refractivity contribution in [1.82, 2.24) is 4.90 Å². The van der Waals surface area contributed by atoms with Gasteiger partial charge in [-0.3, -0.25) is 4.79 Å². The fourth-order valence-corrected chi connectivity index (χ4v) is 3.13. The van der Waals surface area contributed by atoms with Gasteiger partial charge in [0.05, 0.1) is 11.3 Å². The van der Waals surface area contributed by atoms with E-state index in [-0.39, 0.29) is 17.9 Å². The molecule has 0 aliphatic rings. The maximum absolute atomic E-state index is 13.6. The van der Waals surface area contributed by atoms with E-state index in [0.29, 0.717) is 11.1 Å². The number of hydrogen-bond donors (Lipinski definition) is 0. The summed E-state index contributed by atoms with van der Waals surface area (Å²) in [6.07, 6.45) is 1.12. The lowest BCUT2D eigenvalue weighted by Crippen LogP contribution is -2.31. The Bertz CT molecular complexity index is 925. The standard InChI is InChI=1S/C19H20FNO5S/c1-21(11-16-5-3-4-6-17(16)20)18(22)12-26-19(23)15-9-7-14(8-10-15)13-27(2,24)25/h3-10H,11-13H2,1-2H3. The highest BCUT2D eigenvalue weighted by Crippen LogP contribution is 2.11. The van der Waals surface area contributed by atoms with Crippen LogP contribution in [0.25, 0.3) is 0 Å². The second-order valence-corrected chi connectivity index (χ2v) is 8.32. The van der Waals surface area contributed by atoms with E-state index in [9.17, 15) is 22.4 Å². The van der Waals surface area contributed by atoms with Crippen LogP contribution in [0.2, 0.25) is 0 Å². The zero-order chi connectivity index (χ0) is 20.0. The van der Waals surface area contributed by atoms with Crippen molar-refractivity contribution in [2.45, 2.75) is 12.3 Å². The lowest BCUT2D eigenvalue weighted by Gasteiger charge is -2.17. The number of esters is 1. The van der Waals surface area contributed by atoms with Crippen LogP contribution in [0.15, 0.2) is 48.5 Å². The molecule has 0 bridgehead atoms. The van der Waals surface area contributed by atoms with Crippen LogP contribution in [-0.2, 0) is 31.7 Å². The molecule has 6 nitrogen and oxygen atoms in total. The molecule has 0 atom stereocenters. The Kier molecular flexibility index (Phi) is 6.68. The Morgan fingerprint density at radius 1 is 1.07 bits per heavy atom. The number of nitrogens with zero attached hydrogens (tertiary/aromatic N) is 1. The van der Waals surface area contributed by atoms with Crippen LogP contribution in [0.3, 0.4) is 0 Å². The normalized spacial score (nSPS) is 11.1. The van der Waals surface area contributed by atoms with E-state index in [1.165, 1.54) is 42.3 Å². The summed E-state index contributed by atoms with van der Waals surface area (Å²) in [5, 5.41) is 0. The smallest absolute Gasteiger partial charge is 0.338 e. The first kappa shape index (κ1) is 20.6. The molecule has 27 heavy (non-hydrogen) atoms. The summed E-state index contributed by atoms with van der Waals surface area (Å²) in [7, 11) is -1.67. The summed E-state index contributed by atoms with van der Waals surface area (Å²) in [6.45, 7) is -0.419. The monoisotopic (exact) mass is 393 g/mol. The summed E-state index contributed by atoms with van der Waals surface area (Å²) < 4.78 is 41.1. The highest BCUT2D eigenvalue weighted by molar-refractivity contribution is 7.89. The van der Waals surface area contributed by atoms with Crippen molar-refractivity contribution < 1.29 is 27.1 Å². The molecule has 0 aliphatic heterocycles. The van der Waals surface area contributed by atoms with E-state index in [4.69, 9.17) is 4.74 Å². The van der Waals surface area contributed by atoms with Crippen LogP contribution < -0.4 is 0 Å². The van der Waals surface area contributed by atoms with Gasteiger partial charge in [0, 0.05) is 25.4 Å². The predicted molar refractivity (Wildman–Crippen MR) is 98.1 cm³/mol. The van der Waals surface area contributed by atoms with Gasteiger partial charge in [-0.25, -0.2) is 17.6 Å². The van der Waals surface area contributed by atoms with Gasteiger partial charge in [0.2, 0.25) is 0 Å². The summed E-state index contributed by atoms with van der Waals surface area (Å²) in [4.78, 5) is 25.3. The number of rotatable bonds is 7. The third-order valence-corrected chi connectivity index (χ3v) is 4.59. The topological polar surface area (TPSA) is 80.8 Å². The van der Waals surface area contributed by atoms with E-state index in [2.05, 4.69) is 0 Å². The third kappa shape index (κ3) is 6.49. The number of likely N-dealkylation sites (N-methyl/N-ethyl adjacent to an activating group) is 1.